The lowest BCUT2D eigenvalue weighted by atomic mass is 10.2. The van der Waals surface area contributed by atoms with E-state index in [1.165, 1.54) is 0 Å². The number of hydrogen-bond donors (Lipinski definition) is 1. The molecular formula is C12H21NOS. The molecule has 0 aliphatic rings. The Bertz CT molecular complexity index is 264. The SMILES string of the molecule is CNC(CSC(C)(C)C)Cc1ccco1. The predicted octanol–water partition coefficient (Wildman–Crippen LogP) is 2.94. The number of nitrogens with one attached hydrogen (secondary N) is 1. The van der Waals surface area contributed by atoms with E-state index in [0.29, 0.717) is 10.8 Å². The molecular weight excluding hydrogens is 206 g/mol. The molecule has 2 nitrogen and oxygen atoms in total. The summed E-state index contributed by atoms with van der Waals surface area (Å²) < 4.78 is 5.68. The lowest BCUT2D eigenvalue weighted by Crippen LogP contribution is -2.31. The second-order valence-electron chi connectivity index (χ2n) is 4.69. The quantitative estimate of drug-likeness (QED) is 0.837. The molecule has 0 saturated carbocycles. The van der Waals surface area contributed by atoms with Gasteiger partial charge < -0.3 is 9.73 Å². The van der Waals surface area contributed by atoms with Crippen LogP contribution in [0.25, 0.3) is 0 Å². The topological polar surface area (TPSA) is 25.2 Å². The summed E-state index contributed by atoms with van der Waals surface area (Å²) in [6.07, 6.45) is 2.70. The maximum Gasteiger partial charge on any atom is 0.105 e. The van der Waals surface area contributed by atoms with Gasteiger partial charge in [0, 0.05) is 23.0 Å². The maximum atomic E-state index is 5.35. The van der Waals surface area contributed by atoms with E-state index in [1.54, 1.807) is 6.26 Å². The first kappa shape index (κ1) is 12.7. The summed E-state index contributed by atoms with van der Waals surface area (Å²) in [6, 6.07) is 4.46. The Morgan fingerprint density at radius 1 is 1.47 bits per heavy atom. The first-order valence-corrected chi connectivity index (χ1v) is 6.33. The van der Waals surface area contributed by atoms with Crippen LogP contribution < -0.4 is 5.32 Å². The molecule has 1 heterocycles. The number of hydrogen-bond acceptors (Lipinski definition) is 3. The highest BCUT2D eigenvalue weighted by atomic mass is 32.2. The minimum atomic E-state index is 0.332. The highest BCUT2D eigenvalue weighted by Gasteiger charge is 2.15. The van der Waals surface area contributed by atoms with Crippen molar-refractivity contribution in [3.05, 3.63) is 24.2 Å². The van der Waals surface area contributed by atoms with Gasteiger partial charge in [-0.25, -0.2) is 0 Å². The van der Waals surface area contributed by atoms with Crippen LogP contribution in [0.4, 0.5) is 0 Å². The molecule has 1 aromatic heterocycles. The summed E-state index contributed by atoms with van der Waals surface area (Å²) >= 11 is 1.98. The average Bonchev–Trinajstić information content (AvgIpc) is 2.63. The van der Waals surface area contributed by atoms with Crippen LogP contribution in [0.1, 0.15) is 26.5 Å². The van der Waals surface area contributed by atoms with Gasteiger partial charge in [0.25, 0.3) is 0 Å². The Hall–Kier alpha value is -0.410. The molecule has 1 unspecified atom stereocenters. The van der Waals surface area contributed by atoms with Crippen LogP contribution in [0, 0.1) is 0 Å². The van der Waals surface area contributed by atoms with E-state index in [1.807, 2.05) is 30.9 Å². The van der Waals surface area contributed by atoms with E-state index < -0.39 is 0 Å². The molecule has 3 heteroatoms. The third kappa shape index (κ3) is 5.28. The van der Waals surface area contributed by atoms with Crippen molar-refractivity contribution < 1.29 is 4.42 Å². The summed E-state index contributed by atoms with van der Waals surface area (Å²) in [7, 11) is 2.01. The summed E-state index contributed by atoms with van der Waals surface area (Å²) in [5.41, 5.74) is 0. The third-order valence-electron chi connectivity index (χ3n) is 2.15. The van der Waals surface area contributed by atoms with E-state index in [2.05, 4.69) is 26.1 Å². The number of thioether (sulfide) groups is 1. The van der Waals surface area contributed by atoms with E-state index in [9.17, 15) is 0 Å². The van der Waals surface area contributed by atoms with Gasteiger partial charge in [-0.15, -0.1) is 0 Å². The molecule has 1 N–H and O–H groups in total. The molecule has 15 heavy (non-hydrogen) atoms. The molecule has 0 amide bonds. The maximum absolute atomic E-state index is 5.35. The fourth-order valence-electron chi connectivity index (χ4n) is 1.27. The van der Waals surface area contributed by atoms with Crippen molar-refractivity contribution in [3.8, 4) is 0 Å². The van der Waals surface area contributed by atoms with Gasteiger partial charge in [-0.1, -0.05) is 20.8 Å². The van der Waals surface area contributed by atoms with E-state index in [0.717, 1.165) is 17.9 Å². The van der Waals surface area contributed by atoms with Crippen LogP contribution in [-0.2, 0) is 6.42 Å². The van der Waals surface area contributed by atoms with Crippen molar-refractivity contribution in [2.45, 2.75) is 38.0 Å². The van der Waals surface area contributed by atoms with Gasteiger partial charge in [0.15, 0.2) is 0 Å². The van der Waals surface area contributed by atoms with E-state index in [4.69, 9.17) is 4.42 Å². The monoisotopic (exact) mass is 227 g/mol. The summed E-state index contributed by atoms with van der Waals surface area (Å²) in [5.74, 6) is 2.17. The summed E-state index contributed by atoms with van der Waals surface area (Å²) in [4.78, 5) is 0. The third-order valence-corrected chi connectivity index (χ3v) is 3.59. The molecule has 0 spiro atoms. The smallest absolute Gasteiger partial charge is 0.105 e. The van der Waals surface area contributed by atoms with Gasteiger partial charge in [-0.05, 0) is 19.2 Å². The highest BCUT2D eigenvalue weighted by molar-refractivity contribution is 8.00. The van der Waals surface area contributed by atoms with Gasteiger partial charge in [0.05, 0.1) is 6.26 Å². The lowest BCUT2D eigenvalue weighted by Gasteiger charge is -2.22. The van der Waals surface area contributed by atoms with Gasteiger partial charge in [-0.2, -0.15) is 11.8 Å². The zero-order valence-electron chi connectivity index (χ0n) is 10.0. The normalized spacial score (nSPS) is 14.1. The fourth-order valence-corrected chi connectivity index (χ4v) is 2.25. The molecule has 0 aliphatic carbocycles. The van der Waals surface area contributed by atoms with Crippen LogP contribution in [0.2, 0.25) is 0 Å². The average molecular weight is 227 g/mol. The second-order valence-corrected chi connectivity index (χ2v) is 6.54. The molecule has 1 rings (SSSR count). The van der Waals surface area contributed by atoms with E-state index in [-0.39, 0.29) is 0 Å². The molecule has 86 valence electrons. The standard InChI is InChI=1S/C12H21NOS/c1-12(2,3)15-9-10(13-4)8-11-6-5-7-14-11/h5-7,10,13H,8-9H2,1-4H3. The molecule has 0 saturated heterocycles. The minimum Gasteiger partial charge on any atom is -0.469 e. The fraction of sp³-hybridized carbons (Fsp3) is 0.667. The second kappa shape index (κ2) is 5.61. The van der Waals surface area contributed by atoms with Crippen molar-refractivity contribution in [2.24, 2.45) is 0 Å². The van der Waals surface area contributed by atoms with Crippen molar-refractivity contribution in [3.63, 3.8) is 0 Å². The first-order chi connectivity index (χ1) is 7.01. The van der Waals surface area contributed by atoms with Crippen LogP contribution in [0.3, 0.4) is 0 Å². The van der Waals surface area contributed by atoms with Crippen LogP contribution in [0.5, 0.6) is 0 Å². The Labute approximate surface area is 96.8 Å². The van der Waals surface area contributed by atoms with Crippen LogP contribution in [0.15, 0.2) is 22.8 Å². The van der Waals surface area contributed by atoms with E-state index >= 15 is 0 Å². The largest absolute Gasteiger partial charge is 0.469 e. The highest BCUT2D eigenvalue weighted by Crippen LogP contribution is 2.24. The predicted molar refractivity (Wildman–Crippen MR) is 67.5 cm³/mol. The molecule has 1 atom stereocenters. The van der Waals surface area contributed by atoms with Crippen molar-refractivity contribution >= 4 is 11.8 Å². The molecule has 0 aromatic carbocycles. The molecule has 1 aromatic rings. The van der Waals surface area contributed by atoms with Crippen molar-refractivity contribution in [1.82, 2.24) is 5.32 Å². The first-order valence-electron chi connectivity index (χ1n) is 5.35. The zero-order valence-corrected chi connectivity index (χ0v) is 10.9. The zero-order chi connectivity index (χ0) is 11.3. The Morgan fingerprint density at radius 2 is 2.20 bits per heavy atom. The Kier molecular flexibility index (Phi) is 4.74. The molecule has 0 fully saturated rings. The molecule has 0 bridgehead atoms. The Morgan fingerprint density at radius 3 is 2.67 bits per heavy atom. The number of furan rings is 1. The van der Waals surface area contributed by atoms with Gasteiger partial charge in [0.2, 0.25) is 0 Å². The minimum absolute atomic E-state index is 0.332. The van der Waals surface area contributed by atoms with Gasteiger partial charge >= 0.3 is 0 Å². The van der Waals surface area contributed by atoms with Crippen LogP contribution >= 0.6 is 11.8 Å². The molecule has 0 radical (unpaired) electrons. The summed E-state index contributed by atoms with van der Waals surface area (Å²) in [5, 5.41) is 3.33. The number of rotatable bonds is 5. The number of likely N-dealkylation sites (N-methyl/N-ethyl adjacent to an activating group) is 1. The lowest BCUT2D eigenvalue weighted by molar-refractivity contribution is 0.474. The van der Waals surface area contributed by atoms with Gasteiger partial charge in [-0.3, -0.25) is 0 Å². The van der Waals surface area contributed by atoms with Gasteiger partial charge in [0.1, 0.15) is 5.76 Å². The Balaban J connectivity index is 2.36. The van der Waals surface area contributed by atoms with Crippen molar-refractivity contribution in [2.75, 3.05) is 12.8 Å². The summed E-state index contributed by atoms with van der Waals surface area (Å²) in [6.45, 7) is 6.74. The van der Waals surface area contributed by atoms with Crippen molar-refractivity contribution in [1.29, 1.82) is 0 Å². The molecule has 0 aliphatic heterocycles. The van der Waals surface area contributed by atoms with Crippen LogP contribution in [-0.4, -0.2) is 23.6 Å².